The van der Waals surface area contributed by atoms with Gasteiger partial charge in [0.2, 0.25) is 5.95 Å². The number of aromatic nitrogens is 2. The smallest absolute Gasteiger partial charge is 0.222 e. The molecule has 1 aliphatic carbocycles. The Bertz CT molecular complexity index is 363. The Labute approximate surface area is 113 Å². The molecule has 1 N–H and O–H groups in total. The molecule has 1 aromatic rings. The summed E-state index contributed by atoms with van der Waals surface area (Å²) in [6.45, 7) is 0.945. The van der Waals surface area contributed by atoms with Gasteiger partial charge in [0.15, 0.2) is 5.75 Å². The second kappa shape index (κ2) is 6.27. The van der Waals surface area contributed by atoms with E-state index in [1.165, 1.54) is 32.1 Å². The number of nitrogens with zero attached hydrogens (tertiary/aromatic N) is 2. The number of nitrogens with one attached hydrogen (secondary N) is 1. The van der Waals surface area contributed by atoms with E-state index in [2.05, 4.69) is 21.5 Å². The van der Waals surface area contributed by atoms with Crippen molar-refractivity contribution in [2.75, 3.05) is 25.2 Å². The van der Waals surface area contributed by atoms with E-state index in [1.807, 2.05) is 11.8 Å². The van der Waals surface area contributed by atoms with E-state index in [0.717, 1.165) is 6.54 Å². The molecule has 100 valence electrons. The lowest BCUT2D eigenvalue weighted by atomic mass is 9.88. The molecule has 18 heavy (non-hydrogen) atoms. The van der Waals surface area contributed by atoms with E-state index in [-0.39, 0.29) is 0 Å². The van der Waals surface area contributed by atoms with Crippen molar-refractivity contribution in [3.63, 3.8) is 0 Å². The lowest BCUT2D eigenvalue weighted by Gasteiger charge is -2.35. The van der Waals surface area contributed by atoms with Gasteiger partial charge in [0.25, 0.3) is 0 Å². The van der Waals surface area contributed by atoms with Gasteiger partial charge in [0, 0.05) is 11.3 Å². The summed E-state index contributed by atoms with van der Waals surface area (Å²) in [5, 5.41) is 3.36. The van der Waals surface area contributed by atoms with Crippen molar-refractivity contribution in [3.8, 4) is 5.75 Å². The average molecular weight is 267 g/mol. The zero-order valence-corrected chi connectivity index (χ0v) is 11.9. The van der Waals surface area contributed by atoms with E-state index < -0.39 is 0 Å². The number of thioether (sulfide) groups is 1. The Kier molecular flexibility index (Phi) is 4.69. The normalized spacial score (nSPS) is 18.3. The molecule has 0 unspecified atom stereocenters. The Hall–Kier alpha value is -0.970. The zero-order chi connectivity index (χ0) is 12.8. The van der Waals surface area contributed by atoms with Crippen LogP contribution < -0.4 is 10.1 Å². The highest BCUT2D eigenvalue weighted by molar-refractivity contribution is 8.00. The highest BCUT2D eigenvalue weighted by atomic mass is 32.2. The Morgan fingerprint density at radius 3 is 2.50 bits per heavy atom. The first kappa shape index (κ1) is 13.5. The fourth-order valence-electron chi connectivity index (χ4n) is 2.40. The van der Waals surface area contributed by atoms with Gasteiger partial charge in [0.05, 0.1) is 19.5 Å². The molecule has 0 amide bonds. The van der Waals surface area contributed by atoms with Crippen molar-refractivity contribution in [2.45, 2.75) is 36.9 Å². The van der Waals surface area contributed by atoms with Gasteiger partial charge >= 0.3 is 0 Å². The molecule has 0 aromatic carbocycles. The molecular weight excluding hydrogens is 246 g/mol. The maximum absolute atomic E-state index is 5.05. The Morgan fingerprint density at radius 2 is 1.94 bits per heavy atom. The summed E-state index contributed by atoms with van der Waals surface area (Å²) in [5.74, 6) is 1.38. The highest BCUT2D eigenvalue weighted by Crippen LogP contribution is 2.38. The van der Waals surface area contributed by atoms with Gasteiger partial charge in [-0.1, -0.05) is 19.3 Å². The van der Waals surface area contributed by atoms with E-state index in [0.29, 0.717) is 16.4 Å². The molecule has 1 heterocycles. The zero-order valence-electron chi connectivity index (χ0n) is 11.1. The van der Waals surface area contributed by atoms with Crippen LogP contribution in [-0.4, -0.2) is 34.6 Å². The fraction of sp³-hybridized carbons (Fsp3) is 0.692. The van der Waals surface area contributed by atoms with Crippen LogP contribution in [0.3, 0.4) is 0 Å². The van der Waals surface area contributed by atoms with E-state index in [1.54, 1.807) is 19.5 Å². The van der Waals surface area contributed by atoms with Crippen LogP contribution in [0.5, 0.6) is 5.75 Å². The van der Waals surface area contributed by atoms with Gasteiger partial charge < -0.3 is 10.1 Å². The molecule has 1 saturated carbocycles. The summed E-state index contributed by atoms with van der Waals surface area (Å²) >= 11 is 1.98. The summed E-state index contributed by atoms with van der Waals surface area (Å²) < 4.78 is 5.41. The molecule has 2 rings (SSSR count). The lowest BCUT2D eigenvalue weighted by molar-refractivity contribution is 0.408. The molecule has 0 radical (unpaired) electrons. The van der Waals surface area contributed by atoms with Gasteiger partial charge in [-0.2, -0.15) is 11.8 Å². The second-order valence-corrected chi connectivity index (χ2v) is 6.02. The van der Waals surface area contributed by atoms with Crippen LogP contribution in [0.1, 0.15) is 32.1 Å². The van der Waals surface area contributed by atoms with Crippen molar-refractivity contribution in [1.29, 1.82) is 0 Å². The second-order valence-electron chi connectivity index (χ2n) is 4.75. The molecule has 1 aromatic heterocycles. The molecule has 0 bridgehead atoms. The van der Waals surface area contributed by atoms with Crippen LogP contribution in [0.2, 0.25) is 0 Å². The van der Waals surface area contributed by atoms with Crippen molar-refractivity contribution in [2.24, 2.45) is 0 Å². The quantitative estimate of drug-likeness (QED) is 0.888. The van der Waals surface area contributed by atoms with E-state index in [9.17, 15) is 0 Å². The van der Waals surface area contributed by atoms with Crippen LogP contribution in [-0.2, 0) is 0 Å². The molecule has 5 heteroatoms. The molecule has 0 spiro atoms. The average Bonchev–Trinajstić information content (AvgIpc) is 2.47. The molecule has 4 nitrogen and oxygen atoms in total. The SMILES string of the molecule is COc1cnc(NCC2(SC)CCCCC2)nc1. The van der Waals surface area contributed by atoms with Gasteiger partial charge in [-0.05, 0) is 19.1 Å². The Balaban J connectivity index is 1.92. The number of anilines is 1. The van der Waals surface area contributed by atoms with Gasteiger partial charge in [-0.15, -0.1) is 0 Å². The van der Waals surface area contributed by atoms with Gasteiger partial charge in [-0.25, -0.2) is 9.97 Å². The van der Waals surface area contributed by atoms with Crippen molar-refractivity contribution in [1.82, 2.24) is 9.97 Å². The minimum atomic E-state index is 0.363. The van der Waals surface area contributed by atoms with Crippen LogP contribution in [0.25, 0.3) is 0 Å². The van der Waals surface area contributed by atoms with Crippen LogP contribution in [0.15, 0.2) is 12.4 Å². The number of hydrogen-bond donors (Lipinski definition) is 1. The third-order valence-electron chi connectivity index (χ3n) is 3.63. The number of rotatable bonds is 5. The first-order chi connectivity index (χ1) is 8.78. The van der Waals surface area contributed by atoms with Crippen molar-refractivity contribution >= 4 is 17.7 Å². The summed E-state index contributed by atoms with van der Waals surface area (Å²) in [4.78, 5) is 8.49. The van der Waals surface area contributed by atoms with E-state index >= 15 is 0 Å². The van der Waals surface area contributed by atoms with Gasteiger partial charge in [-0.3, -0.25) is 0 Å². The molecule has 1 aliphatic rings. The maximum atomic E-state index is 5.05. The molecule has 1 fully saturated rings. The lowest BCUT2D eigenvalue weighted by Crippen LogP contribution is -2.35. The molecular formula is C13H21N3OS. The first-order valence-corrected chi connectivity index (χ1v) is 7.65. The molecule has 0 atom stereocenters. The number of ether oxygens (including phenoxy) is 1. The predicted octanol–water partition coefficient (Wildman–Crippen LogP) is 2.96. The Morgan fingerprint density at radius 1 is 1.28 bits per heavy atom. The standard InChI is InChI=1S/C13H21N3OS/c1-17-11-8-14-12(15-9-11)16-10-13(18-2)6-4-3-5-7-13/h8-9H,3-7,10H2,1-2H3,(H,14,15,16). The molecule has 0 aliphatic heterocycles. The summed E-state index contributed by atoms with van der Waals surface area (Å²) in [6.07, 6.45) is 12.2. The topological polar surface area (TPSA) is 47.0 Å². The minimum Gasteiger partial charge on any atom is -0.494 e. The highest BCUT2D eigenvalue weighted by Gasteiger charge is 2.30. The number of methoxy groups -OCH3 is 1. The summed E-state index contributed by atoms with van der Waals surface area (Å²) in [7, 11) is 1.62. The predicted molar refractivity (Wildman–Crippen MR) is 76.4 cm³/mol. The van der Waals surface area contributed by atoms with Crippen molar-refractivity contribution in [3.05, 3.63) is 12.4 Å². The third-order valence-corrected chi connectivity index (χ3v) is 5.05. The maximum Gasteiger partial charge on any atom is 0.222 e. The van der Waals surface area contributed by atoms with Gasteiger partial charge in [0.1, 0.15) is 0 Å². The first-order valence-electron chi connectivity index (χ1n) is 6.43. The van der Waals surface area contributed by atoms with Crippen LogP contribution >= 0.6 is 11.8 Å². The third kappa shape index (κ3) is 3.28. The van der Waals surface area contributed by atoms with Crippen LogP contribution in [0.4, 0.5) is 5.95 Å². The summed E-state index contributed by atoms with van der Waals surface area (Å²) in [5.41, 5.74) is 0. The fourth-order valence-corrected chi connectivity index (χ4v) is 3.32. The summed E-state index contributed by atoms with van der Waals surface area (Å²) in [6, 6.07) is 0. The van der Waals surface area contributed by atoms with Crippen molar-refractivity contribution < 1.29 is 4.74 Å². The number of hydrogen-bond acceptors (Lipinski definition) is 5. The largest absolute Gasteiger partial charge is 0.494 e. The van der Waals surface area contributed by atoms with E-state index in [4.69, 9.17) is 4.74 Å². The minimum absolute atomic E-state index is 0.363. The van der Waals surface area contributed by atoms with Crippen LogP contribution in [0, 0.1) is 0 Å². The molecule has 0 saturated heterocycles. The monoisotopic (exact) mass is 267 g/mol.